The van der Waals surface area contributed by atoms with E-state index in [9.17, 15) is 4.79 Å². The van der Waals surface area contributed by atoms with Crippen molar-refractivity contribution in [3.63, 3.8) is 0 Å². The molecule has 0 aromatic heterocycles. The van der Waals surface area contributed by atoms with Crippen LogP contribution in [0.2, 0.25) is 0 Å². The van der Waals surface area contributed by atoms with Crippen LogP contribution in [0.1, 0.15) is 12.8 Å². The van der Waals surface area contributed by atoms with Gasteiger partial charge >= 0.3 is 0 Å². The fraction of sp³-hybridized carbons (Fsp3) is 0.875. The highest BCUT2D eigenvalue weighted by Gasteiger charge is 2.26. The summed E-state index contributed by atoms with van der Waals surface area (Å²) in [5, 5.41) is 8.77. The number of Topliss-reactive ketones (excluding diaryl/α,β-unsaturated/α-hetero) is 1. The van der Waals surface area contributed by atoms with Crippen LogP contribution in [0.15, 0.2) is 0 Å². The van der Waals surface area contributed by atoms with Crippen molar-refractivity contribution in [2.24, 2.45) is 0 Å². The summed E-state index contributed by atoms with van der Waals surface area (Å²) in [7, 11) is 0. The summed E-state index contributed by atoms with van der Waals surface area (Å²) in [5.74, 6) is 0.0821. The van der Waals surface area contributed by atoms with E-state index in [0.29, 0.717) is 13.0 Å². The van der Waals surface area contributed by atoms with Crippen molar-refractivity contribution >= 4 is 17.4 Å². The predicted molar refractivity (Wildman–Crippen MR) is 46.7 cm³/mol. The number of aliphatic hydroxyl groups is 1. The standard InChI is InChI=1S/C8H13ClO4/c9-4-6(5-10)13-8-7(11)2-1-3-12-8/h6,8,10H,1-5H2. The highest BCUT2D eigenvalue weighted by molar-refractivity contribution is 6.18. The van der Waals surface area contributed by atoms with Gasteiger partial charge in [-0.25, -0.2) is 0 Å². The van der Waals surface area contributed by atoms with Gasteiger partial charge in [-0.05, 0) is 6.42 Å². The number of aliphatic hydroxyl groups excluding tert-OH is 1. The second-order valence-electron chi connectivity index (χ2n) is 2.87. The lowest BCUT2D eigenvalue weighted by Crippen LogP contribution is -2.37. The second-order valence-corrected chi connectivity index (χ2v) is 3.18. The van der Waals surface area contributed by atoms with Gasteiger partial charge in [-0.15, -0.1) is 11.6 Å². The molecule has 0 aromatic carbocycles. The van der Waals surface area contributed by atoms with E-state index in [2.05, 4.69) is 0 Å². The summed E-state index contributed by atoms with van der Waals surface area (Å²) in [6.07, 6.45) is -0.132. The first-order valence-corrected chi connectivity index (χ1v) is 4.78. The Morgan fingerprint density at radius 3 is 3.08 bits per heavy atom. The summed E-state index contributed by atoms with van der Waals surface area (Å²) < 4.78 is 10.2. The fourth-order valence-electron chi connectivity index (χ4n) is 1.07. The van der Waals surface area contributed by atoms with E-state index >= 15 is 0 Å². The summed E-state index contributed by atoms with van der Waals surface area (Å²) in [6.45, 7) is 0.327. The van der Waals surface area contributed by atoms with Crippen LogP contribution in [0, 0.1) is 0 Å². The maximum atomic E-state index is 11.2. The third-order valence-electron chi connectivity index (χ3n) is 1.79. The monoisotopic (exact) mass is 208 g/mol. The molecule has 2 unspecified atom stereocenters. The molecular weight excluding hydrogens is 196 g/mol. The fourth-order valence-corrected chi connectivity index (χ4v) is 1.24. The predicted octanol–water partition coefficient (Wildman–Crippen LogP) is 0.308. The number of alkyl halides is 1. The first-order chi connectivity index (χ1) is 6.27. The van der Waals surface area contributed by atoms with E-state index in [-0.39, 0.29) is 18.3 Å². The van der Waals surface area contributed by atoms with Crippen molar-refractivity contribution in [1.29, 1.82) is 0 Å². The van der Waals surface area contributed by atoms with E-state index in [4.69, 9.17) is 26.2 Å². The lowest BCUT2D eigenvalue weighted by molar-refractivity contribution is -0.193. The number of rotatable bonds is 4. The number of ether oxygens (including phenoxy) is 2. The Labute approximate surface area is 81.8 Å². The molecule has 0 aliphatic carbocycles. The first-order valence-electron chi connectivity index (χ1n) is 4.24. The van der Waals surface area contributed by atoms with Gasteiger partial charge in [-0.2, -0.15) is 0 Å². The van der Waals surface area contributed by atoms with Gasteiger partial charge in [-0.3, -0.25) is 4.79 Å². The average Bonchev–Trinajstić information content (AvgIpc) is 2.17. The van der Waals surface area contributed by atoms with Crippen molar-refractivity contribution in [2.45, 2.75) is 25.2 Å². The van der Waals surface area contributed by atoms with Crippen molar-refractivity contribution in [3.8, 4) is 0 Å². The van der Waals surface area contributed by atoms with Gasteiger partial charge in [-0.1, -0.05) is 0 Å². The van der Waals surface area contributed by atoms with Gasteiger partial charge < -0.3 is 14.6 Å². The third-order valence-corrected chi connectivity index (χ3v) is 2.14. The molecule has 13 heavy (non-hydrogen) atoms. The van der Waals surface area contributed by atoms with Crippen LogP contribution in [0.5, 0.6) is 0 Å². The summed E-state index contributed by atoms with van der Waals surface area (Å²) in [6, 6.07) is 0. The van der Waals surface area contributed by atoms with Crippen LogP contribution in [-0.4, -0.2) is 42.4 Å². The van der Waals surface area contributed by atoms with E-state index in [1.54, 1.807) is 0 Å². The molecule has 0 saturated carbocycles. The minimum absolute atomic E-state index is 0.0742. The van der Waals surface area contributed by atoms with Crippen LogP contribution in [0.4, 0.5) is 0 Å². The molecule has 0 amide bonds. The van der Waals surface area contributed by atoms with Gasteiger partial charge in [0.25, 0.3) is 0 Å². The minimum Gasteiger partial charge on any atom is -0.394 e. The Morgan fingerprint density at radius 1 is 1.77 bits per heavy atom. The molecule has 76 valence electrons. The summed E-state index contributed by atoms with van der Waals surface area (Å²) >= 11 is 5.48. The van der Waals surface area contributed by atoms with E-state index < -0.39 is 12.4 Å². The van der Waals surface area contributed by atoms with Crippen molar-refractivity contribution in [1.82, 2.24) is 0 Å². The Bertz CT molecular complexity index is 170. The average molecular weight is 209 g/mol. The van der Waals surface area contributed by atoms with Crippen LogP contribution >= 0.6 is 11.6 Å². The molecule has 1 rings (SSSR count). The molecule has 0 bridgehead atoms. The van der Waals surface area contributed by atoms with Crippen molar-refractivity contribution in [3.05, 3.63) is 0 Å². The Hall–Kier alpha value is -0.160. The molecular formula is C8H13ClO4. The zero-order valence-electron chi connectivity index (χ0n) is 7.24. The topological polar surface area (TPSA) is 55.8 Å². The van der Waals surface area contributed by atoms with Gasteiger partial charge in [0.2, 0.25) is 6.29 Å². The summed E-state index contributed by atoms with van der Waals surface area (Å²) in [5.41, 5.74) is 0. The molecule has 1 aliphatic heterocycles. The van der Waals surface area contributed by atoms with Gasteiger partial charge in [0.1, 0.15) is 0 Å². The SMILES string of the molecule is O=C1CCCOC1OC(CO)CCl. The maximum absolute atomic E-state index is 11.2. The quantitative estimate of drug-likeness (QED) is 0.676. The van der Waals surface area contributed by atoms with E-state index in [0.717, 1.165) is 6.42 Å². The lowest BCUT2D eigenvalue weighted by atomic mass is 10.2. The smallest absolute Gasteiger partial charge is 0.218 e. The summed E-state index contributed by atoms with van der Waals surface area (Å²) in [4.78, 5) is 11.2. The van der Waals surface area contributed by atoms with Crippen LogP contribution in [-0.2, 0) is 14.3 Å². The zero-order valence-corrected chi connectivity index (χ0v) is 8.00. The number of hydrogen-bond acceptors (Lipinski definition) is 4. The largest absolute Gasteiger partial charge is 0.394 e. The van der Waals surface area contributed by atoms with Gasteiger partial charge in [0.05, 0.1) is 25.2 Å². The Balaban J connectivity index is 2.36. The number of halogens is 1. The number of hydrogen-bond donors (Lipinski definition) is 1. The van der Waals surface area contributed by atoms with E-state index in [1.165, 1.54) is 0 Å². The maximum Gasteiger partial charge on any atom is 0.218 e. The molecule has 1 fully saturated rings. The third kappa shape index (κ3) is 3.23. The van der Waals surface area contributed by atoms with Crippen molar-refractivity contribution < 1.29 is 19.4 Å². The Morgan fingerprint density at radius 2 is 2.54 bits per heavy atom. The van der Waals surface area contributed by atoms with Gasteiger partial charge in [0.15, 0.2) is 5.78 Å². The van der Waals surface area contributed by atoms with E-state index in [1.807, 2.05) is 0 Å². The molecule has 1 heterocycles. The lowest BCUT2D eigenvalue weighted by Gasteiger charge is -2.24. The molecule has 1 N–H and O–H groups in total. The van der Waals surface area contributed by atoms with Gasteiger partial charge in [0, 0.05) is 6.42 Å². The number of carbonyl (C=O) groups is 1. The highest BCUT2D eigenvalue weighted by Crippen LogP contribution is 2.12. The van der Waals surface area contributed by atoms with Crippen LogP contribution in [0.25, 0.3) is 0 Å². The molecule has 0 aromatic rings. The molecule has 4 nitrogen and oxygen atoms in total. The van der Waals surface area contributed by atoms with Crippen LogP contribution in [0.3, 0.4) is 0 Å². The minimum atomic E-state index is -0.829. The zero-order chi connectivity index (χ0) is 9.68. The second kappa shape index (κ2) is 5.54. The molecule has 0 radical (unpaired) electrons. The normalized spacial score (nSPS) is 26.0. The van der Waals surface area contributed by atoms with Crippen molar-refractivity contribution in [2.75, 3.05) is 19.1 Å². The molecule has 0 spiro atoms. The number of carbonyl (C=O) groups excluding carboxylic acids is 1. The molecule has 5 heteroatoms. The highest BCUT2D eigenvalue weighted by atomic mass is 35.5. The number of ketones is 1. The first kappa shape index (κ1) is 10.9. The molecule has 1 saturated heterocycles. The molecule has 1 aliphatic rings. The Kier molecular flexibility index (Phi) is 4.66. The van der Waals surface area contributed by atoms with Crippen LogP contribution < -0.4 is 0 Å². The molecule has 2 atom stereocenters.